The molecule has 0 bridgehead atoms. The summed E-state index contributed by atoms with van der Waals surface area (Å²) in [5.74, 6) is 1.03. The normalized spacial score (nSPS) is 38.1. The Morgan fingerprint density at radius 1 is 1.11 bits per heavy atom. The predicted molar refractivity (Wildman–Crippen MR) is 72.2 cm³/mol. The Bertz CT molecular complexity index is 342. The lowest BCUT2D eigenvalue weighted by molar-refractivity contribution is -0.314. The molecule has 0 aromatic heterocycles. The molecule has 1 heterocycles. The van der Waals surface area contributed by atoms with Gasteiger partial charge in [-0.05, 0) is 38.0 Å². The quantitative estimate of drug-likeness (QED) is 0.607. The van der Waals surface area contributed by atoms with Gasteiger partial charge in [0.15, 0.2) is 5.79 Å². The molecule has 2 unspecified atom stereocenters. The molecule has 2 aliphatic carbocycles. The van der Waals surface area contributed by atoms with Crippen molar-refractivity contribution in [2.45, 2.75) is 58.7 Å². The van der Waals surface area contributed by atoms with Gasteiger partial charge >= 0.3 is 0 Å². The first-order valence-corrected chi connectivity index (χ1v) is 7.52. The maximum absolute atomic E-state index is 6.24. The molecule has 3 rings (SSSR count). The number of rotatable bonds is 0. The molecule has 2 heteroatoms. The van der Waals surface area contributed by atoms with Crippen molar-refractivity contribution in [1.29, 1.82) is 0 Å². The first-order valence-electron chi connectivity index (χ1n) is 7.52. The molecule has 1 saturated carbocycles. The second-order valence-electron chi connectivity index (χ2n) is 6.84. The maximum Gasteiger partial charge on any atom is 0.168 e. The molecule has 0 radical (unpaired) electrons. The van der Waals surface area contributed by atoms with Crippen molar-refractivity contribution in [3.05, 3.63) is 11.6 Å². The van der Waals surface area contributed by atoms with E-state index in [2.05, 4.69) is 26.8 Å². The van der Waals surface area contributed by atoms with Crippen LogP contribution in [0.3, 0.4) is 0 Å². The fourth-order valence-electron chi connectivity index (χ4n) is 4.16. The van der Waals surface area contributed by atoms with Crippen LogP contribution in [-0.2, 0) is 9.47 Å². The van der Waals surface area contributed by atoms with E-state index in [-0.39, 0.29) is 11.2 Å². The first-order chi connectivity index (χ1) is 8.56. The van der Waals surface area contributed by atoms with Crippen LogP contribution < -0.4 is 0 Å². The zero-order valence-electron chi connectivity index (χ0n) is 12.0. The van der Waals surface area contributed by atoms with Gasteiger partial charge in [-0.15, -0.1) is 0 Å². The highest BCUT2D eigenvalue weighted by molar-refractivity contribution is 5.14. The number of hydrogen-bond donors (Lipinski definition) is 0. The Kier molecular flexibility index (Phi) is 3.06. The van der Waals surface area contributed by atoms with Crippen LogP contribution in [0.2, 0.25) is 0 Å². The molecule has 102 valence electrons. The first kappa shape index (κ1) is 12.7. The molecule has 3 aliphatic rings. The van der Waals surface area contributed by atoms with Crippen molar-refractivity contribution >= 4 is 0 Å². The van der Waals surface area contributed by atoms with E-state index < -0.39 is 0 Å². The van der Waals surface area contributed by atoms with E-state index in [1.54, 1.807) is 0 Å². The van der Waals surface area contributed by atoms with Crippen molar-refractivity contribution in [2.75, 3.05) is 13.2 Å². The summed E-state index contributed by atoms with van der Waals surface area (Å²) in [5, 5.41) is 0. The van der Waals surface area contributed by atoms with Crippen LogP contribution in [0.25, 0.3) is 0 Å². The molecule has 0 N–H and O–H groups in total. The lowest BCUT2D eigenvalue weighted by Gasteiger charge is -2.52. The van der Waals surface area contributed by atoms with Gasteiger partial charge in [0.2, 0.25) is 0 Å². The summed E-state index contributed by atoms with van der Waals surface area (Å²) in [6.07, 6.45) is 8.35. The zero-order valence-corrected chi connectivity index (χ0v) is 12.0. The topological polar surface area (TPSA) is 18.5 Å². The van der Waals surface area contributed by atoms with Crippen LogP contribution in [-0.4, -0.2) is 19.0 Å². The molecule has 2 fully saturated rings. The largest absolute Gasteiger partial charge is 0.349 e. The summed E-state index contributed by atoms with van der Waals surface area (Å²) in [6.45, 7) is 8.73. The van der Waals surface area contributed by atoms with Crippen LogP contribution in [0.1, 0.15) is 52.9 Å². The van der Waals surface area contributed by atoms with E-state index in [9.17, 15) is 0 Å². The van der Waals surface area contributed by atoms with Gasteiger partial charge in [0.05, 0.1) is 13.2 Å². The second-order valence-corrected chi connectivity index (χ2v) is 6.84. The van der Waals surface area contributed by atoms with Gasteiger partial charge in [0, 0.05) is 18.3 Å². The fourth-order valence-corrected chi connectivity index (χ4v) is 4.16. The Morgan fingerprint density at radius 3 is 2.28 bits per heavy atom. The van der Waals surface area contributed by atoms with Gasteiger partial charge in [-0.3, -0.25) is 0 Å². The van der Waals surface area contributed by atoms with Crippen LogP contribution in [0, 0.1) is 17.3 Å². The minimum absolute atomic E-state index is 0.207. The molecule has 18 heavy (non-hydrogen) atoms. The van der Waals surface area contributed by atoms with E-state index in [0.29, 0.717) is 11.8 Å². The van der Waals surface area contributed by atoms with Gasteiger partial charge in [0.25, 0.3) is 0 Å². The van der Waals surface area contributed by atoms with Crippen molar-refractivity contribution in [3.8, 4) is 0 Å². The average Bonchev–Trinajstić information content (AvgIpc) is 2.77. The summed E-state index contributed by atoms with van der Waals surface area (Å²) in [7, 11) is 0. The smallest absolute Gasteiger partial charge is 0.168 e. The Morgan fingerprint density at radius 2 is 1.72 bits per heavy atom. The minimum Gasteiger partial charge on any atom is -0.349 e. The second kappa shape index (κ2) is 4.35. The third kappa shape index (κ3) is 1.85. The highest BCUT2D eigenvalue weighted by Gasteiger charge is 2.51. The standard InChI is InChI=1S/C16H26O2/c1-12-8-13(2)15(14(3)9-12)10-17-16(18-11-15)6-4-5-7-16/h8,13-14H,4-7,9-11H2,1-3H3. The van der Waals surface area contributed by atoms with Crippen LogP contribution in [0.15, 0.2) is 11.6 Å². The number of allylic oxidation sites excluding steroid dienone is 2. The van der Waals surface area contributed by atoms with E-state index >= 15 is 0 Å². The Hall–Kier alpha value is -0.340. The highest BCUT2D eigenvalue weighted by Crippen LogP contribution is 2.50. The highest BCUT2D eigenvalue weighted by atomic mass is 16.7. The van der Waals surface area contributed by atoms with Crippen LogP contribution >= 0.6 is 0 Å². The summed E-state index contributed by atoms with van der Waals surface area (Å²) in [5.41, 5.74) is 1.75. The summed E-state index contributed by atoms with van der Waals surface area (Å²) >= 11 is 0. The van der Waals surface area contributed by atoms with Crippen molar-refractivity contribution < 1.29 is 9.47 Å². The molecule has 2 atom stereocenters. The summed E-state index contributed by atoms with van der Waals surface area (Å²) in [4.78, 5) is 0. The molecule has 0 amide bonds. The number of ether oxygens (including phenoxy) is 2. The molecule has 0 aromatic carbocycles. The third-order valence-corrected chi connectivity index (χ3v) is 5.62. The molecule has 1 saturated heterocycles. The van der Waals surface area contributed by atoms with Gasteiger partial charge in [-0.25, -0.2) is 0 Å². The van der Waals surface area contributed by atoms with Gasteiger partial charge in [0.1, 0.15) is 0 Å². The van der Waals surface area contributed by atoms with Crippen LogP contribution in [0.4, 0.5) is 0 Å². The van der Waals surface area contributed by atoms with E-state index in [4.69, 9.17) is 9.47 Å². The summed E-state index contributed by atoms with van der Waals surface area (Å²) < 4.78 is 12.5. The minimum atomic E-state index is -0.207. The van der Waals surface area contributed by atoms with Crippen molar-refractivity contribution in [1.82, 2.24) is 0 Å². The molecule has 0 aromatic rings. The predicted octanol–water partition coefficient (Wildman–Crippen LogP) is 3.91. The lowest BCUT2D eigenvalue weighted by Crippen LogP contribution is -2.54. The van der Waals surface area contributed by atoms with Crippen molar-refractivity contribution in [3.63, 3.8) is 0 Å². The van der Waals surface area contributed by atoms with E-state index in [1.807, 2.05) is 0 Å². The van der Waals surface area contributed by atoms with Gasteiger partial charge < -0.3 is 9.47 Å². The number of hydrogen-bond acceptors (Lipinski definition) is 2. The maximum atomic E-state index is 6.24. The SMILES string of the molecule is CC1=CC(C)C2(COC3(CCCC3)OC2)C(C)C1. The average molecular weight is 250 g/mol. The Balaban J connectivity index is 1.77. The van der Waals surface area contributed by atoms with Crippen LogP contribution in [0.5, 0.6) is 0 Å². The zero-order chi connectivity index (χ0) is 12.8. The Labute approximate surface area is 111 Å². The van der Waals surface area contributed by atoms with Gasteiger partial charge in [-0.1, -0.05) is 25.5 Å². The third-order valence-electron chi connectivity index (χ3n) is 5.62. The molecule has 2 nitrogen and oxygen atoms in total. The molecule has 2 spiro atoms. The fraction of sp³-hybridized carbons (Fsp3) is 0.875. The van der Waals surface area contributed by atoms with Crippen molar-refractivity contribution in [2.24, 2.45) is 17.3 Å². The van der Waals surface area contributed by atoms with Gasteiger partial charge in [-0.2, -0.15) is 0 Å². The van der Waals surface area contributed by atoms with E-state index in [1.165, 1.54) is 24.8 Å². The summed E-state index contributed by atoms with van der Waals surface area (Å²) in [6, 6.07) is 0. The molecular formula is C16H26O2. The van der Waals surface area contributed by atoms with E-state index in [0.717, 1.165) is 26.1 Å². The monoisotopic (exact) mass is 250 g/mol. The molecular weight excluding hydrogens is 224 g/mol. The molecule has 1 aliphatic heterocycles. The lowest BCUT2D eigenvalue weighted by atomic mass is 9.63.